The van der Waals surface area contributed by atoms with Crippen LogP contribution < -0.4 is 5.46 Å². The van der Waals surface area contributed by atoms with Gasteiger partial charge in [0, 0.05) is 30.9 Å². The molecule has 0 aromatic carbocycles. The van der Waals surface area contributed by atoms with Crippen molar-refractivity contribution in [2.24, 2.45) is 5.92 Å². The number of piperidine rings is 1. The highest BCUT2D eigenvalue weighted by Gasteiger charge is 2.52. The molecule has 0 radical (unpaired) electrons. The van der Waals surface area contributed by atoms with Gasteiger partial charge in [0.05, 0.1) is 23.2 Å². The maximum Gasteiger partial charge on any atom is 0.498 e. The molecule has 1 aromatic rings. The zero-order valence-electron chi connectivity index (χ0n) is 15.9. The zero-order valence-corrected chi connectivity index (χ0v) is 15.9. The summed E-state index contributed by atoms with van der Waals surface area (Å²) in [6.45, 7) is 12.1. The van der Waals surface area contributed by atoms with E-state index in [0.29, 0.717) is 0 Å². The first-order valence-corrected chi connectivity index (χ1v) is 9.31. The van der Waals surface area contributed by atoms with Crippen LogP contribution in [0, 0.1) is 17.2 Å². The van der Waals surface area contributed by atoms with Gasteiger partial charge in [-0.2, -0.15) is 10.4 Å². The standard InChI is InChI=1S/C18H29BN4O2/c1-17(2)18(3,4)25-19(24-17)16-12-21-23(14-16)10-6-9-22-8-5-7-15(11-20)13-22/h12,14-15H,5-10,13H2,1-4H3. The number of hydrogen-bond acceptors (Lipinski definition) is 5. The second kappa shape index (κ2) is 7.10. The van der Waals surface area contributed by atoms with Crippen LogP contribution in [0.4, 0.5) is 0 Å². The van der Waals surface area contributed by atoms with Gasteiger partial charge in [-0.3, -0.25) is 4.68 Å². The Labute approximate surface area is 151 Å². The molecule has 3 rings (SSSR count). The predicted octanol–water partition coefficient (Wildman–Crippen LogP) is 1.81. The van der Waals surface area contributed by atoms with Crippen LogP contribution >= 0.6 is 0 Å². The summed E-state index contributed by atoms with van der Waals surface area (Å²) < 4.78 is 14.1. The van der Waals surface area contributed by atoms with Gasteiger partial charge in [-0.05, 0) is 60.0 Å². The molecule has 6 nitrogen and oxygen atoms in total. The van der Waals surface area contributed by atoms with Crippen molar-refractivity contribution in [2.45, 2.75) is 64.7 Å². The lowest BCUT2D eigenvalue weighted by Gasteiger charge is -2.32. The summed E-state index contributed by atoms with van der Waals surface area (Å²) in [7, 11) is -0.350. The van der Waals surface area contributed by atoms with Gasteiger partial charge >= 0.3 is 7.12 Å². The third-order valence-electron chi connectivity index (χ3n) is 5.73. The molecule has 136 valence electrons. The number of aromatic nitrogens is 2. The van der Waals surface area contributed by atoms with E-state index >= 15 is 0 Å². The summed E-state index contributed by atoms with van der Waals surface area (Å²) in [5.41, 5.74) is 0.317. The van der Waals surface area contributed by atoms with Crippen molar-refractivity contribution in [2.75, 3.05) is 19.6 Å². The number of likely N-dealkylation sites (tertiary alicyclic amines) is 1. The Morgan fingerprint density at radius 3 is 2.68 bits per heavy atom. The third kappa shape index (κ3) is 4.08. The largest absolute Gasteiger partial charge is 0.498 e. The lowest BCUT2D eigenvalue weighted by Crippen LogP contribution is -2.41. The maximum atomic E-state index is 9.08. The second-order valence-corrected chi connectivity index (χ2v) is 8.25. The maximum absolute atomic E-state index is 9.08. The molecule has 1 unspecified atom stereocenters. The minimum Gasteiger partial charge on any atom is -0.399 e. The average Bonchev–Trinajstić information content (AvgIpc) is 3.10. The van der Waals surface area contributed by atoms with Gasteiger partial charge in [0.2, 0.25) is 0 Å². The van der Waals surface area contributed by atoms with Crippen LogP contribution in [-0.2, 0) is 15.9 Å². The van der Waals surface area contributed by atoms with Crippen LogP contribution in [-0.4, -0.2) is 52.6 Å². The van der Waals surface area contributed by atoms with E-state index < -0.39 is 0 Å². The van der Waals surface area contributed by atoms with Gasteiger partial charge in [0.1, 0.15) is 0 Å². The van der Waals surface area contributed by atoms with Crippen LogP contribution in [0.3, 0.4) is 0 Å². The van der Waals surface area contributed by atoms with Crippen LogP contribution in [0.25, 0.3) is 0 Å². The molecule has 2 saturated heterocycles. The summed E-state index contributed by atoms with van der Waals surface area (Å²) >= 11 is 0. The van der Waals surface area contributed by atoms with Crippen molar-refractivity contribution >= 4 is 12.6 Å². The molecule has 0 spiro atoms. The highest BCUT2D eigenvalue weighted by Crippen LogP contribution is 2.36. The van der Waals surface area contributed by atoms with Crippen molar-refractivity contribution in [3.63, 3.8) is 0 Å². The fraction of sp³-hybridized carbons (Fsp3) is 0.778. The van der Waals surface area contributed by atoms with Gasteiger partial charge in [-0.25, -0.2) is 0 Å². The molecule has 7 heteroatoms. The van der Waals surface area contributed by atoms with Gasteiger partial charge in [-0.15, -0.1) is 0 Å². The molecule has 3 heterocycles. The quantitative estimate of drug-likeness (QED) is 0.763. The number of hydrogen-bond donors (Lipinski definition) is 0. The van der Waals surface area contributed by atoms with Gasteiger partial charge in [0.25, 0.3) is 0 Å². The summed E-state index contributed by atoms with van der Waals surface area (Å²) in [6.07, 6.45) is 7.07. The fourth-order valence-electron chi connectivity index (χ4n) is 3.42. The Morgan fingerprint density at radius 2 is 2.00 bits per heavy atom. The second-order valence-electron chi connectivity index (χ2n) is 8.25. The molecule has 1 atom stereocenters. The zero-order chi connectivity index (χ0) is 18.1. The van der Waals surface area contributed by atoms with Crippen molar-refractivity contribution in [3.05, 3.63) is 12.4 Å². The third-order valence-corrected chi connectivity index (χ3v) is 5.73. The number of aryl methyl sites for hydroxylation is 1. The lowest BCUT2D eigenvalue weighted by atomic mass is 9.82. The molecule has 25 heavy (non-hydrogen) atoms. The highest BCUT2D eigenvalue weighted by atomic mass is 16.7. The van der Waals surface area contributed by atoms with Crippen LogP contribution in [0.15, 0.2) is 12.4 Å². The molecule has 2 fully saturated rings. The molecule has 1 aromatic heterocycles. The molecular formula is C18H29BN4O2. The number of nitriles is 1. The van der Waals surface area contributed by atoms with E-state index in [9.17, 15) is 0 Å². The minimum atomic E-state index is -0.350. The Kier molecular flexibility index (Phi) is 5.24. The monoisotopic (exact) mass is 344 g/mol. The van der Waals surface area contributed by atoms with Crippen molar-refractivity contribution < 1.29 is 9.31 Å². The molecule has 0 bridgehead atoms. The van der Waals surface area contributed by atoms with Gasteiger partial charge < -0.3 is 14.2 Å². The number of rotatable bonds is 5. The fourth-order valence-corrected chi connectivity index (χ4v) is 3.42. The van der Waals surface area contributed by atoms with Crippen molar-refractivity contribution in [1.29, 1.82) is 5.26 Å². The van der Waals surface area contributed by atoms with E-state index in [-0.39, 0.29) is 24.2 Å². The molecule has 2 aliphatic heterocycles. The van der Waals surface area contributed by atoms with Gasteiger partial charge in [0.15, 0.2) is 0 Å². The average molecular weight is 344 g/mol. The smallest absolute Gasteiger partial charge is 0.399 e. The first-order valence-electron chi connectivity index (χ1n) is 9.31. The lowest BCUT2D eigenvalue weighted by molar-refractivity contribution is 0.00578. The Bertz CT molecular complexity index is 621. The van der Waals surface area contributed by atoms with Crippen molar-refractivity contribution in [3.8, 4) is 6.07 Å². The predicted molar refractivity (Wildman–Crippen MR) is 97.3 cm³/mol. The molecule has 0 saturated carbocycles. The number of nitrogens with zero attached hydrogens (tertiary/aromatic N) is 4. The first-order chi connectivity index (χ1) is 11.8. The molecule has 0 N–H and O–H groups in total. The summed E-state index contributed by atoms with van der Waals surface area (Å²) in [4.78, 5) is 2.40. The van der Waals surface area contributed by atoms with Crippen LogP contribution in [0.5, 0.6) is 0 Å². The van der Waals surface area contributed by atoms with E-state index in [1.165, 1.54) is 0 Å². The normalized spacial score (nSPS) is 25.9. The van der Waals surface area contributed by atoms with E-state index in [0.717, 1.165) is 50.9 Å². The molecular weight excluding hydrogens is 315 g/mol. The molecule has 0 amide bonds. The van der Waals surface area contributed by atoms with E-state index in [1.54, 1.807) is 0 Å². The van der Waals surface area contributed by atoms with Gasteiger partial charge in [-0.1, -0.05) is 0 Å². The van der Waals surface area contributed by atoms with Crippen LogP contribution in [0.2, 0.25) is 0 Å². The van der Waals surface area contributed by atoms with E-state index in [1.807, 2.05) is 17.1 Å². The van der Waals surface area contributed by atoms with E-state index in [4.69, 9.17) is 14.6 Å². The molecule has 2 aliphatic rings. The topological polar surface area (TPSA) is 63.3 Å². The first kappa shape index (κ1) is 18.4. The van der Waals surface area contributed by atoms with Crippen molar-refractivity contribution in [1.82, 2.24) is 14.7 Å². The SMILES string of the molecule is CC1(C)OB(c2cnn(CCCN3CCCC(C#N)C3)c2)OC1(C)C. The molecule has 0 aliphatic carbocycles. The Morgan fingerprint density at radius 1 is 1.28 bits per heavy atom. The highest BCUT2D eigenvalue weighted by molar-refractivity contribution is 6.61. The summed E-state index contributed by atoms with van der Waals surface area (Å²) in [6, 6.07) is 2.40. The summed E-state index contributed by atoms with van der Waals surface area (Å²) in [5.74, 6) is 0.202. The van der Waals surface area contributed by atoms with E-state index in [2.05, 4.69) is 43.8 Å². The van der Waals surface area contributed by atoms with Crippen LogP contribution in [0.1, 0.15) is 47.0 Å². The minimum absolute atomic E-state index is 0.202. The summed E-state index contributed by atoms with van der Waals surface area (Å²) in [5, 5.41) is 13.5. The Balaban J connectivity index is 1.49. The Hall–Kier alpha value is -1.36.